The van der Waals surface area contributed by atoms with Crippen LogP contribution < -0.4 is 5.73 Å². The van der Waals surface area contributed by atoms with Crippen molar-refractivity contribution in [2.45, 2.75) is 19.5 Å². The Morgan fingerprint density at radius 3 is 3.26 bits per heavy atom. The molecule has 0 aliphatic carbocycles. The first-order valence-electron chi connectivity index (χ1n) is 6.34. The number of hydrogen-bond donors (Lipinski definition) is 1. The molecule has 2 N–H and O–H groups in total. The zero-order chi connectivity index (χ0) is 13.2. The Hall–Kier alpha value is -1.66. The van der Waals surface area contributed by atoms with Gasteiger partial charge in [0.1, 0.15) is 5.69 Å². The monoisotopic (exact) mass is 276 g/mol. The smallest absolute Gasteiger partial charge is 0.274 e. The van der Waals surface area contributed by atoms with Gasteiger partial charge in [0.15, 0.2) is 0 Å². The zero-order valence-electron chi connectivity index (χ0n) is 10.6. The van der Waals surface area contributed by atoms with Crippen LogP contribution in [0.15, 0.2) is 24.0 Å². The average molecular weight is 276 g/mol. The van der Waals surface area contributed by atoms with E-state index in [1.807, 2.05) is 9.47 Å². The molecule has 0 atom stereocenters. The highest BCUT2D eigenvalue weighted by atomic mass is 32.1. The minimum absolute atomic E-state index is 0.00706. The summed E-state index contributed by atoms with van der Waals surface area (Å²) in [5.74, 6) is 0.00706. The van der Waals surface area contributed by atoms with E-state index in [2.05, 4.69) is 16.4 Å². The third-order valence-corrected chi connectivity index (χ3v) is 4.36. The third kappa shape index (κ3) is 2.41. The molecule has 0 bridgehead atoms. The number of fused-ring (bicyclic) bond motifs is 1. The maximum atomic E-state index is 12.4. The molecule has 1 aliphatic heterocycles. The van der Waals surface area contributed by atoms with Gasteiger partial charge in [-0.1, -0.05) is 0 Å². The van der Waals surface area contributed by atoms with Crippen LogP contribution in [0.4, 0.5) is 0 Å². The predicted molar refractivity (Wildman–Crippen MR) is 74.0 cm³/mol. The lowest BCUT2D eigenvalue weighted by molar-refractivity contribution is 0.0730. The summed E-state index contributed by atoms with van der Waals surface area (Å²) in [4.78, 5) is 19.8. The van der Waals surface area contributed by atoms with Crippen molar-refractivity contribution < 1.29 is 4.79 Å². The summed E-state index contributed by atoms with van der Waals surface area (Å²) in [6, 6.07) is 2.10. The van der Waals surface area contributed by atoms with E-state index < -0.39 is 0 Å². The van der Waals surface area contributed by atoms with Crippen LogP contribution in [0.5, 0.6) is 0 Å². The number of amides is 1. The Morgan fingerprint density at radius 1 is 1.53 bits per heavy atom. The van der Waals surface area contributed by atoms with Crippen LogP contribution in [0.3, 0.4) is 0 Å². The number of nitrogens with two attached hydrogens (primary N) is 1. The van der Waals surface area contributed by atoms with Crippen molar-refractivity contribution >= 4 is 17.2 Å². The molecule has 0 aromatic carbocycles. The van der Waals surface area contributed by atoms with Crippen molar-refractivity contribution in [1.82, 2.24) is 14.5 Å². The molecule has 19 heavy (non-hydrogen) atoms. The Kier molecular flexibility index (Phi) is 3.35. The Bertz CT molecular complexity index is 589. The van der Waals surface area contributed by atoms with Gasteiger partial charge in [0.05, 0.1) is 6.33 Å². The first-order valence-corrected chi connectivity index (χ1v) is 7.22. The van der Waals surface area contributed by atoms with Crippen LogP contribution in [0, 0.1) is 0 Å². The van der Waals surface area contributed by atoms with Gasteiger partial charge in [-0.2, -0.15) is 0 Å². The highest BCUT2D eigenvalue weighted by molar-refractivity contribution is 7.10. The number of carbonyl (C=O) groups excluding carboxylic acids is 1. The van der Waals surface area contributed by atoms with Crippen LogP contribution >= 0.6 is 11.3 Å². The fourth-order valence-electron chi connectivity index (χ4n) is 2.33. The summed E-state index contributed by atoms with van der Waals surface area (Å²) >= 11 is 1.77. The number of rotatable bonds is 3. The van der Waals surface area contributed by atoms with Crippen molar-refractivity contribution in [2.24, 2.45) is 5.73 Å². The molecule has 0 saturated heterocycles. The standard InChI is InChI=1S/C13H16N4OS/c14-3-5-16-8-11(15-9-16)13(18)17-4-1-12-10(7-17)2-6-19-12/h2,6,8-9H,1,3-5,7,14H2. The number of thiophene rings is 1. The highest BCUT2D eigenvalue weighted by Crippen LogP contribution is 2.24. The van der Waals surface area contributed by atoms with E-state index in [0.717, 1.165) is 13.0 Å². The molecule has 0 saturated carbocycles. The summed E-state index contributed by atoms with van der Waals surface area (Å²) in [7, 11) is 0. The Morgan fingerprint density at radius 2 is 2.42 bits per heavy atom. The molecule has 3 rings (SSSR count). The van der Waals surface area contributed by atoms with Crippen LogP contribution in [-0.4, -0.2) is 33.4 Å². The van der Waals surface area contributed by atoms with Crippen LogP contribution in [0.25, 0.3) is 0 Å². The molecule has 100 valence electrons. The van der Waals surface area contributed by atoms with Crippen LogP contribution in [0.1, 0.15) is 20.9 Å². The van der Waals surface area contributed by atoms with Crippen molar-refractivity contribution in [3.8, 4) is 0 Å². The van der Waals surface area contributed by atoms with E-state index in [-0.39, 0.29) is 5.91 Å². The minimum Gasteiger partial charge on any atom is -0.335 e. The molecular weight excluding hydrogens is 260 g/mol. The second-order valence-corrected chi connectivity index (χ2v) is 5.63. The van der Waals surface area contributed by atoms with Gasteiger partial charge in [-0.3, -0.25) is 4.79 Å². The molecule has 0 fully saturated rings. The van der Waals surface area contributed by atoms with Gasteiger partial charge in [0.25, 0.3) is 5.91 Å². The van der Waals surface area contributed by atoms with E-state index in [1.54, 1.807) is 23.9 Å². The molecule has 0 radical (unpaired) electrons. The largest absolute Gasteiger partial charge is 0.335 e. The average Bonchev–Trinajstić information content (AvgIpc) is 3.05. The first kappa shape index (κ1) is 12.4. The van der Waals surface area contributed by atoms with Gasteiger partial charge in [-0.25, -0.2) is 4.98 Å². The number of imidazole rings is 1. The van der Waals surface area contributed by atoms with Crippen molar-refractivity contribution in [1.29, 1.82) is 0 Å². The summed E-state index contributed by atoms with van der Waals surface area (Å²) in [6.45, 7) is 2.71. The summed E-state index contributed by atoms with van der Waals surface area (Å²) in [6.07, 6.45) is 4.39. The number of carbonyl (C=O) groups is 1. The minimum atomic E-state index is 0.00706. The van der Waals surface area contributed by atoms with Gasteiger partial charge in [0, 0.05) is 37.3 Å². The van der Waals surface area contributed by atoms with E-state index in [4.69, 9.17) is 5.73 Å². The SMILES string of the molecule is NCCn1cnc(C(=O)N2CCc3sccc3C2)c1. The van der Waals surface area contributed by atoms with Gasteiger partial charge < -0.3 is 15.2 Å². The zero-order valence-corrected chi connectivity index (χ0v) is 11.4. The van der Waals surface area contributed by atoms with Gasteiger partial charge in [-0.05, 0) is 23.4 Å². The van der Waals surface area contributed by atoms with Crippen LogP contribution in [0.2, 0.25) is 0 Å². The second-order valence-electron chi connectivity index (χ2n) is 4.63. The first-order chi connectivity index (χ1) is 9.28. The van der Waals surface area contributed by atoms with Gasteiger partial charge in [-0.15, -0.1) is 11.3 Å². The molecular formula is C13H16N4OS. The quantitative estimate of drug-likeness (QED) is 0.913. The molecule has 0 spiro atoms. The normalized spacial score (nSPS) is 14.5. The summed E-state index contributed by atoms with van der Waals surface area (Å²) < 4.78 is 1.85. The fourth-order valence-corrected chi connectivity index (χ4v) is 3.22. The molecule has 2 aromatic heterocycles. The Balaban J connectivity index is 1.74. The summed E-state index contributed by atoms with van der Waals surface area (Å²) in [5, 5.41) is 2.09. The molecule has 6 heteroatoms. The van der Waals surface area contributed by atoms with E-state index in [9.17, 15) is 4.79 Å². The van der Waals surface area contributed by atoms with Gasteiger partial charge in [0.2, 0.25) is 0 Å². The molecule has 2 aromatic rings. The van der Waals surface area contributed by atoms with E-state index in [0.29, 0.717) is 25.3 Å². The lowest BCUT2D eigenvalue weighted by Crippen LogP contribution is -2.35. The lowest BCUT2D eigenvalue weighted by atomic mass is 10.1. The summed E-state index contributed by atoms with van der Waals surface area (Å²) in [5.41, 5.74) is 7.26. The number of hydrogen-bond acceptors (Lipinski definition) is 4. The fraction of sp³-hybridized carbons (Fsp3) is 0.385. The maximum Gasteiger partial charge on any atom is 0.274 e. The molecule has 0 unspecified atom stereocenters. The van der Waals surface area contributed by atoms with Gasteiger partial charge >= 0.3 is 0 Å². The third-order valence-electron chi connectivity index (χ3n) is 3.33. The van der Waals surface area contributed by atoms with E-state index in [1.165, 1.54) is 10.4 Å². The maximum absolute atomic E-state index is 12.4. The van der Waals surface area contributed by atoms with Crippen molar-refractivity contribution in [2.75, 3.05) is 13.1 Å². The topological polar surface area (TPSA) is 64.2 Å². The molecule has 1 aliphatic rings. The number of nitrogens with zero attached hydrogens (tertiary/aromatic N) is 3. The number of aromatic nitrogens is 2. The van der Waals surface area contributed by atoms with Crippen molar-refractivity contribution in [3.05, 3.63) is 40.1 Å². The van der Waals surface area contributed by atoms with Crippen LogP contribution in [-0.2, 0) is 19.5 Å². The van der Waals surface area contributed by atoms with Crippen molar-refractivity contribution in [3.63, 3.8) is 0 Å². The van der Waals surface area contributed by atoms with E-state index >= 15 is 0 Å². The lowest BCUT2D eigenvalue weighted by Gasteiger charge is -2.26. The molecule has 3 heterocycles. The highest BCUT2D eigenvalue weighted by Gasteiger charge is 2.23. The predicted octanol–water partition coefficient (Wildman–Crippen LogP) is 1.10. The molecule has 5 nitrogen and oxygen atoms in total. The second kappa shape index (κ2) is 5.14. The molecule has 1 amide bonds. The Labute approximate surface area is 115 Å².